The maximum Gasteiger partial charge on any atom is 0.254 e. The maximum atomic E-state index is 13.1. The second-order valence-electron chi connectivity index (χ2n) is 6.57. The normalized spacial score (nSPS) is 16.1. The van der Waals surface area contributed by atoms with E-state index in [0.29, 0.717) is 40.7 Å². The number of rotatable bonds is 4. The van der Waals surface area contributed by atoms with Crippen LogP contribution in [0, 0.1) is 11.6 Å². The Morgan fingerprint density at radius 2 is 1.66 bits per heavy atom. The van der Waals surface area contributed by atoms with Crippen LogP contribution in [0.3, 0.4) is 0 Å². The van der Waals surface area contributed by atoms with E-state index >= 15 is 0 Å². The average molecular weight is 414 g/mol. The SMILES string of the molecule is O=C(Nc1nnc(-c2ccc(F)cc2)s1)C1CCCN1C(=O)c1ccc(F)cc1. The molecule has 1 aliphatic rings. The quantitative estimate of drug-likeness (QED) is 0.706. The van der Waals surface area contributed by atoms with E-state index in [1.165, 1.54) is 41.3 Å². The van der Waals surface area contributed by atoms with Crippen LogP contribution in [0.15, 0.2) is 48.5 Å². The minimum Gasteiger partial charge on any atom is -0.327 e. The summed E-state index contributed by atoms with van der Waals surface area (Å²) in [5.74, 6) is -1.43. The second kappa shape index (κ2) is 8.04. The van der Waals surface area contributed by atoms with Gasteiger partial charge in [-0.05, 0) is 61.4 Å². The first kappa shape index (κ1) is 19.1. The molecule has 1 unspecified atom stereocenters. The first-order valence-electron chi connectivity index (χ1n) is 8.98. The molecule has 1 saturated heterocycles. The van der Waals surface area contributed by atoms with Crippen LogP contribution in [0.5, 0.6) is 0 Å². The van der Waals surface area contributed by atoms with Crippen molar-refractivity contribution in [3.05, 3.63) is 65.7 Å². The van der Waals surface area contributed by atoms with Crippen LogP contribution in [0.25, 0.3) is 10.6 Å². The van der Waals surface area contributed by atoms with Gasteiger partial charge < -0.3 is 4.90 Å². The first-order chi connectivity index (χ1) is 14.0. The van der Waals surface area contributed by atoms with E-state index in [4.69, 9.17) is 0 Å². The summed E-state index contributed by atoms with van der Waals surface area (Å²) >= 11 is 1.16. The van der Waals surface area contributed by atoms with E-state index in [0.717, 1.165) is 11.3 Å². The summed E-state index contributed by atoms with van der Waals surface area (Å²) in [5.41, 5.74) is 1.03. The topological polar surface area (TPSA) is 75.2 Å². The molecule has 2 heterocycles. The molecule has 2 aromatic carbocycles. The van der Waals surface area contributed by atoms with Gasteiger partial charge in [-0.25, -0.2) is 8.78 Å². The minimum absolute atomic E-state index is 0.301. The summed E-state index contributed by atoms with van der Waals surface area (Å²) in [6.07, 6.45) is 1.23. The number of carbonyl (C=O) groups is 2. The molecule has 1 atom stereocenters. The van der Waals surface area contributed by atoms with E-state index in [1.54, 1.807) is 12.1 Å². The van der Waals surface area contributed by atoms with E-state index in [2.05, 4.69) is 15.5 Å². The summed E-state index contributed by atoms with van der Waals surface area (Å²) < 4.78 is 26.2. The number of carbonyl (C=O) groups excluding carboxylic acids is 2. The lowest BCUT2D eigenvalue weighted by Crippen LogP contribution is -2.43. The summed E-state index contributed by atoms with van der Waals surface area (Å²) in [7, 11) is 0. The third-order valence-corrected chi connectivity index (χ3v) is 5.54. The molecule has 0 aliphatic carbocycles. The summed E-state index contributed by atoms with van der Waals surface area (Å²) in [5, 5.41) is 11.5. The van der Waals surface area contributed by atoms with Crippen molar-refractivity contribution in [1.82, 2.24) is 15.1 Å². The second-order valence-corrected chi connectivity index (χ2v) is 7.55. The van der Waals surface area contributed by atoms with Crippen LogP contribution in [0.2, 0.25) is 0 Å². The molecule has 1 N–H and O–H groups in total. The standard InChI is InChI=1S/C20H16F2N4O2S/c21-14-7-3-12(4-8-14)18-24-25-20(29-18)23-17(27)16-2-1-11-26(16)19(28)13-5-9-15(22)10-6-13/h3-10,16H,1-2,11H2,(H,23,25,27). The van der Waals surface area contributed by atoms with Gasteiger partial charge in [0.25, 0.3) is 5.91 Å². The molecule has 0 saturated carbocycles. The van der Waals surface area contributed by atoms with Gasteiger partial charge in [-0.1, -0.05) is 11.3 Å². The van der Waals surface area contributed by atoms with E-state index < -0.39 is 11.9 Å². The number of benzene rings is 2. The summed E-state index contributed by atoms with van der Waals surface area (Å²) in [4.78, 5) is 26.9. The molecule has 1 fully saturated rings. The van der Waals surface area contributed by atoms with Crippen molar-refractivity contribution >= 4 is 28.3 Å². The van der Waals surface area contributed by atoms with Crippen molar-refractivity contribution in [2.24, 2.45) is 0 Å². The van der Waals surface area contributed by atoms with Crippen molar-refractivity contribution < 1.29 is 18.4 Å². The fourth-order valence-electron chi connectivity index (χ4n) is 3.21. The third-order valence-electron chi connectivity index (χ3n) is 4.65. The maximum absolute atomic E-state index is 13.1. The molecule has 1 aromatic heterocycles. The highest BCUT2D eigenvalue weighted by Gasteiger charge is 2.35. The van der Waals surface area contributed by atoms with Crippen molar-refractivity contribution in [3.8, 4) is 10.6 Å². The number of likely N-dealkylation sites (tertiary alicyclic amines) is 1. The van der Waals surface area contributed by atoms with Crippen LogP contribution < -0.4 is 5.32 Å². The Hall–Kier alpha value is -3.20. The van der Waals surface area contributed by atoms with E-state index in [-0.39, 0.29) is 17.6 Å². The molecule has 0 radical (unpaired) electrons. The predicted molar refractivity (Wildman–Crippen MR) is 104 cm³/mol. The van der Waals surface area contributed by atoms with Gasteiger partial charge in [0.05, 0.1) is 0 Å². The Bertz CT molecular complexity index is 1040. The molecular formula is C20H16F2N4O2S. The highest BCUT2D eigenvalue weighted by Crippen LogP contribution is 2.28. The lowest BCUT2D eigenvalue weighted by Gasteiger charge is -2.23. The number of hydrogen-bond acceptors (Lipinski definition) is 5. The zero-order valence-corrected chi connectivity index (χ0v) is 16.0. The van der Waals surface area contributed by atoms with Gasteiger partial charge in [-0.15, -0.1) is 10.2 Å². The van der Waals surface area contributed by atoms with Crippen molar-refractivity contribution in [1.29, 1.82) is 0 Å². The zero-order valence-electron chi connectivity index (χ0n) is 15.1. The molecule has 0 bridgehead atoms. The van der Waals surface area contributed by atoms with Gasteiger partial charge in [0.1, 0.15) is 22.7 Å². The Labute approximate surface area is 169 Å². The van der Waals surface area contributed by atoms with Crippen LogP contribution in [-0.2, 0) is 4.79 Å². The van der Waals surface area contributed by atoms with Gasteiger partial charge in [0.15, 0.2) is 0 Å². The summed E-state index contributed by atoms with van der Waals surface area (Å²) in [6.45, 7) is 0.450. The third kappa shape index (κ3) is 4.14. The monoisotopic (exact) mass is 414 g/mol. The molecule has 3 aromatic rings. The number of anilines is 1. The minimum atomic E-state index is -0.634. The Kier molecular flexibility index (Phi) is 5.30. The van der Waals surface area contributed by atoms with Crippen molar-refractivity contribution in [2.75, 3.05) is 11.9 Å². The van der Waals surface area contributed by atoms with Crippen molar-refractivity contribution in [2.45, 2.75) is 18.9 Å². The molecule has 9 heteroatoms. The van der Waals surface area contributed by atoms with Crippen LogP contribution in [0.4, 0.5) is 13.9 Å². The molecule has 4 rings (SSSR count). The van der Waals surface area contributed by atoms with Gasteiger partial charge >= 0.3 is 0 Å². The molecule has 1 aliphatic heterocycles. The van der Waals surface area contributed by atoms with Gasteiger partial charge in [0, 0.05) is 17.7 Å². The molecule has 29 heavy (non-hydrogen) atoms. The molecule has 2 amide bonds. The Balaban J connectivity index is 1.45. The first-order valence-corrected chi connectivity index (χ1v) is 9.80. The molecule has 148 valence electrons. The van der Waals surface area contributed by atoms with Crippen LogP contribution in [-0.4, -0.2) is 39.5 Å². The number of hydrogen-bond donors (Lipinski definition) is 1. The molecule has 0 spiro atoms. The van der Waals surface area contributed by atoms with Crippen LogP contribution in [0.1, 0.15) is 23.2 Å². The molecule has 6 nitrogen and oxygen atoms in total. The van der Waals surface area contributed by atoms with Gasteiger partial charge in [-0.3, -0.25) is 14.9 Å². The lowest BCUT2D eigenvalue weighted by molar-refractivity contribution is -0.119. The predicted octanol–water partition coefficient (Wildman–Crippen LogP) is 3.73. The number of amides is 2. The summed E-state index contributed by atoms with van der Waals surface area (Å²) in [6, 6.07) is 10.4. The number of nitrogens with zero attached hydrogens (tertiary/aromatic N) is 3. The van der Waals surface area contributed by atoms with Gasteiger partial charge in [-0.2, -0.15) is 0 Å². The largest absolute Gasteiger partial charge is 0.327 e. The highest BCUT2D eigenvalue weighted by molar-refractivity contribution is 7.18. The fourth-order valence-corrected chi connectivity index (χ4v) is 3.96. The van der Waals surface area contributed by atoms with E-state index in [9.17, 15) is 18.4 Å². The lowest BCUT2D eigenvalue weighted by atomic mass is 10.1. The fraction of sp³-hybridized carbons (Fsp3) is 0.200. The molecular weight excluding hydrogens is 398 g/mol. The zero-order chi connectivity index (χ0) is 20.4. The van der Waals surface area contributed by atoms with Crippen molar-refractivity contribution in [3.63, 3.8) is 0 Å². The average Bonchev–Trinajstić information content (AvgIpc) is 3.38. The Morgan fingerprint density at radius 1 is 1.00 bits per heavy atom. The number of aromatic nitrogens is 2. The Morgan fingerprint density at radius 3 is 2.34 bits per heavy atom. The number of halogens is 2. The van der Waals surface area contributed by atoms with E-state index in [1.807, 2.05) is 0 Å². The van der Waals surface area contributed by atoms with Gasteiger partial charge in [0.2, 0.25) is 11.0 Å². The van der Waals surface area contributed by atoms with Crippen LogP contribution >= 0.6 is 11.3 Å². The smallest absolute Gasteiger partial charge is 0.254 e. The number of nitrogens with one attached hydrogen (secondary N) is 1. The highest BCUT2D eigenvalue weighted by atomic mass is 32.1.